The number of hydrogen-bond donors (Lipinski definition) is 1. The number of anilines is 1. The molecule has 1 aromatic heterocycles. The van der Waals surface area contributed by atoms with E-state index in [0.29, 0.717) is 11.5 Å². The van der Waals surface area contributed by atoms with E-state index < -0.39 is 0 Å². The molecular formula is C12H13N3O. The lowest BCUT2D eigenvalue weighted by molar-refractivity contribution is 0.373. The summed E-state index contributed by atoms with van der Waals surface area (Å²) < 4.78 is 5.21. The Hall–Kier alpha value is -1.84. The molecule has 1 heterocycles. The van der Waals surface area contributed by atoms with Crippen molar-refractivity contribution in [1.29, 1.82) is 0 Å². The number of para-hydroxylation sites is 1. The normalized spacial score (nSPS) is 15.2. The molecule has 4 heteroatoms. The highest BCUT2D eigenvalue weighted by Gasteiger charge is 2.24. The lowest BCUT2D eigenvalue weighted by Gasteiger charge is -1.97. The Morgan fingerprint density at radius 1 is 1.31 bits per heavy atom. The number of aromatic nitrogens is 2. The van der Waals surface area contributed by atoms with Crippen LogP contribution in [0.5, 0.6) is 0 Å². The van der Waals surface area contributed by atoms with Crippen molar-refractivity contribution in [3.05, 3.63) is 30.2 Å². The van der Waals surface area contributed by atoms with E-state index in [0.717, 1.165) is 23.8 Å². The molecule has 0 spiro atoms. The molecule has 1 aliphatic rings. The Morgan fingerprint density at radius 2 is 2.12 bits per heavy atom. The van der Waals surface area contributed by atoms with Crippen LogP contribution in [0, 0.1) is 5.92 Å². The monoisotopic (exact) mass is 215 g/mol. The molecule has 2 N–H and O–H groups in total. The van der Waals surface area contributed by atoms with Gasteiger partial charge in [-0.15, -0.1) is 0 Å². The zero-order valence-corrected chi connectivity index (χ0v) is 8.89. The van der Waals surface area contributed by atoms with E-state index in [1.807, 2.05) is 24.3 Å². The molecular weight excluding hydrogens is 202 g/mol. The van der Waals surface area contributed by atoms with Crippen LogP contribution in [-0.2, 0) is 6.42 Å². The van der Waals surface area contributed by atoms with Gasteiger partial charge in [0.15, 0.2) is 0 Å². The van der Waals surface area contributed by atoms with Crippen LogP contribution in [-0.4, -0.2) is 10.1 Å². The highest BCUT2D eigenvalue weighted by Crippen LogP contribution is 2.32. The van der Waals surface area contributed by atoms with Gasteiger partial charge >= 0.3 is 0 Å². The van der Waals surface area contributed by atoms with E-state index in [-0.39, 0.29) is 0 Å². The van der Waals surface area contributed by atoms with Crippen LogP contribution in [0.1, 0.15) is 18.7 Å². The molecule has 4 nitrogen and oxygen atoms in total. The number of hydrogen-bond acceptors (Lipinski definition) is 4. The number of nitrogen functional groups attached to an aromatic ring is 1. The minimum Gasteiger partial charge on any atom is -0.398 e. The summed E-state index contributed by atoms with van der Waals surface area (Å²) in [7, 11) is 0. The number of nitrogens with two attached hydrogens (primary N) is 1. The predicted molar refractivity (Wildman–Crippen MR) is 60.6 cm³/mol. The predicted octanol–water partition coefficient (Wildman–Crippen LogP) is 2.27. The van der Waals surface area contributed by atoms with Crippen molar-refractivity contribution in [2.45, 2.75) is 19.3 Å². The topological polar surface area (TPSA) is 64.9 Å². The van der Waals surface area contributed by atoms with E-state index in [9.17, 15) is 0 Å². The lowest BCUT2D eigenvalue weighted by Crippen LogP contribution is -1.91. The quantitative estimate of drug-likeness (QED) is 0.797. The van der Waals surface area contributed by atoms with Crippen LogP contribution < -0.4 is 5.73 Å². The average Bonchev–Trinajstić information content (AvgIpc) is 2.97. The molecule has 0 radical (unpaired) electrons. The van der Waals surface area contributed by atoms with Crippen LogP contribution in [0.25, 0.3) is 11.4 Å². The van der Waals surface area contributed by atoms with Gasteiger partial charge in [-0.1, -0.05) is 17.3 Å². The third-order valence-corrected chi connectivity index (χ3v) is 2.83. The zero-order valence-electron chi connectivity index (χ0n) is 8.89. The summed E-state index contributed by atoms with van der Waals surface area (Å²) in [6, 6.07) is 7.56. The van der Waals surface area contributed by atoms with Crippen molar-refractivity contribution in [3.63, 3.8) is 0 Å². The van der Waals surface area contributed by atoms with Crippen molar-refractivity contribution in [2.75, 3.05) is 5.73 Å². The Labute approximate surface area is 93.5 Å². The summed E-state index contributed by atoms with van der Waals surface area (Å²) in [6.07, 6.45) is 3.47. The largest absolute Gasteiger partial charge is 0.398 e. The summed E-state index contributed by atoms with van der Waals surface area (Å²) in [6.45, 7) is 0. The maximum absolute atomic E-state index is 5.85. The third kappa shape index (κ3) is 1.78. The standard InChI is InChI=1S/C12H13N3O/c13-10-4-2-1-3-9(10)12-14-11(16-15-12)7-8-5-6-8/h1-4,8H,5-7,13H2. The van der Waals surface area contributed by atoms with Gasteiger partial charge in [-0.25, -0.2) is 0 Å². The van der Waals surface area contributed by atoms with E-state index in [4.69, 9.17) is 10.3 Å². The number of nitrogens with zero attached hydrogens (tertiary/aromatic N) is 2. The molecule has 2 aromatic rings. The van der Waals surface area contributed by atoms with Gasteiger partial charge in [0.1, 0.15) is 0 Å². The maximum Gasteiger partial charge on any atom is 0.227 e. The summed E-state index contributed by atoms with van der Waals surface area (Å²) in [4.78, 5) is 4.36. The van der Waals surface area contributed by atoms with Gasteiger partial charge in [0.05, 0.1) is 0 Å². The van der Waals surface area contributed by atoms with Crippen molar-refractivity contribution in [1.82, 2.24) is 10.1 Å². The van der Waals surface area contributed by atoms with Crippen LogP contribution in [0.3, 0.4) is 0 Å². The second-order valence-electron chi connectivity index (χ2n) is 4.25. The van der Waals surface area contributed by atoms with E-state index in [2.05, 4.69) is 10.1 Å². The number of benzene rings is 1. The second-order valence-corrected chi connectivity index (χ2v) is 4.25. The van der Waals surface area contributed by atoms with Gasteiger partial charge in [0.25, 0.3) is 0 Å². The molecule has 16 heavy (non-hydrogen) atoms. The van der Waals surface area contributed by atoms with E-state index in [1.54, 1.807) is 0 Å². The van der Waals surface area contributed by atoms with E-state index >= 15 is 0 Å². The molecule has 0 aliphatic heterocycles. The van der Waals surface area contributed by atoms with Crippen LogP contribution in [0.4, 0.5) is 5.69 Å². The molecule has 0 unspecified atom stereocenters. The Balaban J connectivity index is 1.88. The fourth-order valence-electron chi connectivity index (χ4n) is 1.72. The fourth-order valence-corrected chi connectivity index (χ4v) is 1.72. The van der Waals surface area contributed by atoms with Crippen LogP contribution in [0.2, 0.25) is 0 Å². The molecule has 0 bridgehead atoms. The highest BCUT2D eigenvalue weighted by molar-refractivity contribution is 5.70. The van der Waals surface area contributed by atoms with Gasteiger partial charge < -0.3 is 10.3 Å². The van der Waals surface area contributed by atoms with Gasteiger partial charge in [0.2, 0.25) is 11.7 Å². The summed E-state index contributed by atoms with van der Waals surface area (Å²) in [5, 5.41) is 3.96. The molecule has 0 amide bonds. The summed E-state index contributed by atoms with van der Waals surface area (Å²) in [5.74, 6) is 2.07. The first-order valence-corrected chi connectivity index (χ1v) is 5.50. The smallest absolute Gasteiger partial charge is 0.227 e. The maximum atomic E-state index is 5.85. The molecule has 1 fully saturated rings. The molecule has 3 rings (SSSR count). The minimum atomic E-state index is 0.591. The van der Waals surface area contributed by atoms with Crippen LogP contribution in [0.15, 0.2) is 28.8 Å². The first kappa shape index (κ1) is 9.39. The molecule has 82 valence electrons. The molecule has 1 aliphatic carbocycles. The summed E-state index contributed by atoms with van der Waals surface area (Å²) >= 11 is 0. The molecule has 1 aromatic carbocycles. The number of rotatable bonds is 3. The first-order chi connectivity index (χ1) is 7.83. The molecule has 0 atom stereocenters. The van der Waals surface area contributed by atoms with Gasteiger partial charge in [-0.05, 0) is 30.9 Å². The third-order valence-electron chi connectivity index (χ3n) is 2.83. The highest BCUT2D eigenvalue weighted by atomic mass is 16.5. The van der Waals surface area contributed by atoms with Crippen molar-refractivity contribution >= 4 is 5.69 Å². The Bertz CT molecular complexity index is 502. The molecule has 1 saturated carbocycles. The van der Waals surface area contributed by atoms with Crippen LogP contribution >= 0.6 is 0 Å². The van der Waals surface area contributed by atoms with Gasteiger partial charge in [-0.3, -0.25) is 0 Å². The summed E-state index contributed by atoms with van der Waals surface area (Å²) in [5.41, 5.74) is 7.38. The average molecular weight is 215 g/mol. The SMILES string of the molecule is Nc1ccccc1-c1noc(CC2CC2)n1. The first-order valence-electron chi connectivity index (χ1n) is 5.50. The van der Waals surface area contributed by atoms with Crippen molar-refractivity contribution in [3.8, 4) is 11.4 Å². The lowest BCUT2D eigenvalue weighted by atomic mass is 10.2. The minimum absolute atomic E-state index is 0.591. The fraction of sp³-hybridized carbons (Fsp3) is 0.333. The van der Waals surface area contributed by atoms with Gasteiger partial charge in [-0.2, -0.15) is 4.98 Å². The second kappa shape index (κ2) is 3.63. The van der Waals surface area contributed by atoms with Crippen molar-refractivity contribution < 1.29 is 4.52 Å². The van der Waals surface area contributed by atoms with E-state index in [1.165, 1.54) is 12.8 Å². The van der Waals surface area contributed by atoms with Gasteiger partial charge in [0, 0.05) is 17.7 Å². The molecule has 0 saturated heterocycles. The Morgan fingerprint density at radius 3 is 2.88 bits per heavy atom. The van der Waals surface area contributed by atoms with Crippen molar-refractivity contribution in [2.24, 2.45) is 5.92 Å². The Kier molecular flexibility index (Phi) is 2.13. The zero-order chi connectivity index (χ0) is 11.0.